The number of primary amides is 1. The van der Waals surface area contributed by atoms with Gasteiger partial charge in [0.05, 0.1) is 11.8 Å². The first kappa shape index (κ1) is 8.07. The van der Waals surface area contributed by atoms with Gasteiger partial charge in [-0.2, -0.15) is 10.4 Å². The van der Waals surface area contributed by atoms with Crippen LogP contribution in [0.15, 0.2) is 6.20 Å². The molecule has 0 saturated heterocycles. The Kier molecular flexibility index (Phi) is 1.96. The number of carbonyl (C=O) groups is 1. The second-order valence-corrected chi connectivity index (χ2v) is 2.15. The predicted molar refractivity (Wildman–Crippen MR) is 40.8 cm³/mol. The molecule has 0 fully saturated rings. The summed E-state index contributed by atoms with van der Waals surface area (Å²) in [6, 6.07) is 1.86. The van der Waals surface area contributed by atoms with Crippen molar-refractivity contribution >= 4 is 11.6 Å². The number of amides is 1. The molecule has 0 bridgehead atoms. The summed E-state index contributed by atoms with van der Waals surface area (Å²) < 4.78 is 1.26. The van der Waals surface area contributed by atoms with E-state index >= 15 is 0 Å². The lowest BCUT2D eigenvalue weighted by molar-refractivity contribution is 0.0995. The lowest BCUT2D eigenvalue weighted by Gasteiger charge is -1.88. The van der Waals surface area contributed by atoms with Crippen LogP contribution < -0.4 is 11.5 Å². The van der Waals surface area contributed by atoms with Crippen molar-refractivity contribution in [2.24, 2.45) is 5.73 Å². The number of nitrogens with two attached hydrogens (primary N) is 2. The van der Waals surface area contributed by atoms with Crippen LogP contribution in [-0.4, -0.2) is 15.7 Å². The maximum absolute atomic E-state index is 10.6. The molecule has 0 aliphatic carbocycles. The van der Waals surface area contributed by atoms with E-state index in [1.807, 2.05) is 6.07 Å². The van der Waals surface area contributed by atoms with E-state index in [-0.39, 0.29) is 17.9 Å². The maximum atomic E-state index is 10.6. The average Bonchev–Trinajstić information content (AvgIpc) is 2.32. The Morgan fingerprint density at radius 1 is 1.83 bits per heavy atom. The molecule has 0 saturated carbocycles. The molecule has 0 aromatic carbocycles. The molecule has 0 radical (unpaired) electrons. The Bertz CT molecular complexity index is 347. The van der Waals surface area contributed by atoms with E-state index in [0.717, 1.165) is 0 Å². The van der Waals surface area contributed by atoms with Crippen molar-refractivity contribution in [3.8, 4) is 6.07 Å². The van der Waals surface area contributed by atoms with Gasteiger partial charge in [-0.15, -0.1) is 0 Å². The van der Waals surface area contributed by atoms with Crippen molar-refractivity contribution in [3.63, 3.8) is 0 Å². The molecule has 0 spiro atoms. The van der Waals surface area contributed by atoms with Gasteiger partial charge in [-0.25, -0.2) is 0 Å². The quantitative estimate of drug-likeness (QED) is 0.590. The monoisotopic (exact) mass is 165 g/mol. The summed E-state index contributed by atoms with van der Waals surface area (Å²) in [5, 5.41) is 12.0. The molecule has 1 aromatic rings. The predicted octanol–water partition coefficient (Wildman–Crippen LogP) is -0.912. The highest BCUT2D eigenvalue weighted by Gasteiger charge is 2.10. The van der Waals surface area contributed by atoms with Crippen molar-refractivity contribution in [2.45, 2.75) is 6.54 Å². The van der Waals surface area contributed by atoms with Gasteiger partial charge in [0.15, 0.2) is 5.69 Å². The van der Waals surface area contributed by atoms with Crippen molar-refractivity contribution in [2.75, 3.05) is 5.73 Å². The molecule has 12 heavy (non-hydrogen) atoms. The van der Waals surface area contributed by atoms with Crippen LogP contribution in [0.1, 0.15) is 10.5 Å². The van der Waals surface area contributed by atoms with Gasteiger partial charge in [0, 0.05) is 6.20 Å². The van der Waals surface area contributed by atoms with Crippen LogP contribution in [0.3, 0.4) is 0 Å². The van der Waals surface area contributed by atoms with E-state index in [4.69, 9.17) is 16.7 Å². The number of nitrogens with zero attached hydrogens (tertiary/aromatic N) is 3. The van der Waals surface area contributed by atoms with Gasteiger partial charge in [0.2, 0.25) is 0 Å². The molecule has 6 heteroatoms. The minimum absolute atomic E-state index is 0.00486. The smallest absolute Gasteiger partial charge is 0.271 e. The molecule has 1 heterocycles. The number of carbonyl (C=O) groups excluding carboxylic acids is 1. The summed E-state index contributed by atoms with van der Waals surface area (Å²) in [7, 11) is 0. The number of anilines is 1. The maximum Gasteiger partial charge on any atom is 0.271 e. The van der Waals surface area contributed by atoms with Crippen LogP contribution in [0.5, 0.6) is 0 Å². The fraction of sp³-hybridized carbons (Fsp3) is 0.167. The first-order valence-corrected chi connectivity index (χ1v) is 3.15. The summed E-state index contributed by atoms with van der Waals surface area (Å²) in [6.45, 7) is 0.0531. The molecule has 1 aromatic heterocycles. The molecular weight excluding hydrogens is 158 g/mol. The van der Waals surface area contributed by atoms with Gasteiger partial charge in [0.25, 0.3) is 5.91 Å². The van der Waals surface area contributed by atoms with E-state index < -0.39 is 5.91 Å². The number of hydrogen-bond donors (Lipinski definition) is 2. The summed E-state index contributed by atoms with van der Waals surface area (Å²) in [6.07, 6.45) is 1.39. The molecule has 4 N–H and O–H groups in total. The number of nitriles is 1. The van der Waals surface area contributed by atoms with E-state index in [1.165, 1.54) is 10.9 Å². The summed E-state index contributed by atoms with van der Waals surface area (Å²) in [5.41, 5.74) is 10.5. The van der Waals surface area contributed by atoms with Crippen LogP contribution in [0.25, 0.3) is 0 Å². The number of aromatic nitrogens is 2. The van der Waals surface area contributed by atoms with Gasteiger partial charge >= 0.3 is 0 Å². The summed E-state index contributed by atoms with van der Waals surface area (Å²) in [5.74, 6) is -0.691. The van der Waals surface area contributed by atoms with E-state index in [2.05, 4.69) is 5.10 Å². The van der Waals surface area contributed by atoms with E-state index in [9.17, 15) is 4.79 Å². The Balaban J connectivity index is 3.02. The van der Waals surface area contributed by atoms with Crippen LogP contribution >= 0.6 is 0 Å². The molecule has 0 aliphatic heterocycles. The van der Waals surface area contributed by atoms with Gasteiger partial charge in [-0.1, -0.05) is 0 Å². The molecule has 0 unspecified atom stereocenters. The third kappa shape index (κ3) is 1.34. The van der Waals surface area contributed by atoms with Crippen LogP contribution in [0, 0.1) is 11.3 Å². The third-order valence-corrected chi connectivity index (χ3v) is 1.26. The Labute approximate surface area is 68.4 Å². The van der Waals surface area contributed by atoms with E-state index in [0.29, 0.717) is 0 Å². The van der Waals surface area contributed by atoms with Crippen LogP contribution in [0.4, 0.5) is 5.69 Å². The molecule has 0 aliphatic rings. The highest BCUT2D eigenvalue weighted by atomic mass is 16.1. The number of rotatable bonds is 2. The molecule has 6 nitrogen and oxygen atoms in total. The lowest BCUT2D eigenvalue weighted by Crippen LogP contribution is -2.14. The molecular formula is C6H7N5O. The Morgan fingerprint density at radius 3 is 2.92 bits per heavy atom. The SMILES string of the molecule is N#CCn1cc(N)c(C(N)=O)n1. The van der Waals surface area contributed by atoms with E-state index in [1.54, 1.807) is 0 Å². The van der Waals surface area contributed by atoms with Gasteiger partial charge in [-0.05, 0) is 0 Å². The van der Waals surface area contributed by atoms with Crippen LogP contribution in [0.2, 0.25) is 0 Å². The topological polar surface area (TPSA) is 111 Å². The molecule has 1 amide bonds. The van der Waals surface area contributed by atoms with Gasteiger partial charge < -0.3 is 11.5 Å². The minimum atomic E-state index is -0.691. The Hall–Kier alpha value is -2.03. The highest BCUT2D eigenvalue weighted by Crippen LogP contribution is 2.06. The van der Waals surface area contributed by atoms with Gasteiger partial charge in [0.1, 0.15) is 6.54 Å². The minimum Gasteiger partial charge on any atom is -0.396 e. The van der Waals surface area contributed by atoms with Crippen molar-refractivity contribution in [1.29, 1.82) is 5.26 Å². The molecule has 0 atom stereocenters. The highest BCUT2D eigenvalue weighted by molar-refractivity contribution is 5.95. The molecule has 1 rings (SSSR count). The third-order valence-electron chi connectivity index (χ3n) is 1.26. The normalized spacial score (nSPS) is 9.25. The zero-order valence-electron chi connectivity index (χ0n) is 6.19. The first-order chi connectivity index (χ1) is 5.65. The second kappa shape index (κ2) is 2.92. The Morgan fingerprint density at radius 2 is 2.50 bits per heavy atom. The average molecular weight is 165 g/mol. The van der Waals surface area contributed by atoms with Gasteiger partial charge in [-0.3, -0.25) is 9.48 Å². The zero-order chi connectivity index (χ0) is 9.14. The lowest BCUT2D eigenvalue weighted by atomic mass is 10.4. The van der Waals surface area contributed by atoms with Crippen molar-refractivity contribution in [3.05, 3.63) is 11.9 Å². The second-order valence-electron chi connectivity index (χ2n) is 2.15. The van der Waals surface area contributed by atoms with Crippen LogP contribution in [-0.2, 0) is 6.54 Å². The summed E-state index contributed by atoms with van der Waals surface area (Å²) >= 11 is 0. The van der Waals surface area contributed by atoms with Crippen molar-refractivity contribution in [1.82, 2.24) is 9.78 Å². The molecule has 62 valence electrons. The fourth-order valence-electron chi connectivity index (χ4n) is 0.782. The number of nitrogen functional groups attached to an aromatic ring is 1. The zero-order valence-corrected chi connectivity index (χ0v) is 6.19. The number of hydrogen-bond acceptors (Lipinski definition) is 4. The standard InChI is InChI=1S/C6H7N5O/c7-1-2-11-3-4(8)5(10-11)6(9)12/h3H,2,8H2,(H2,9,12). The summed E-state index contributed by atoms with van der Waals surface area (Å²) in [4.78, 5) is 10.6. The fourth-order valence-corrected chi connectivity index (χ4v) is 0.782. The largest absolute Gasteiger partial charge is 0.396 e. The first-order valence-electron chi connectivity index (χ1n) is 3.15. The van der Waals surface area contributed by atoms with Crippen molar-refractivity contribution < 1.29 is 4.79 Å².